The first-order chi connectivity index (χ1) is 13.7. The summed E-state index contributed by atoms with van der Waals surface area (Å²) in [6.07, 6.45) is 1.79. The Hall–Kier alpha value is -3.45. The van der Waals surface area contributed by atoms with Crippen LogP contribution in [0.2, 0.25) is 0 Å². The quantitative estimate of drug-likeness (QED) is 0.457. The number of benzene rings is 2. The van der Waals surface area contributed by atoms with E-state index in [0.717, 1.165) is 16.9 Å². The molecule has 7 heteroatoms. The fourth-order valence-corrected chi connectivity index (χ4v) is 3.50. The molecule has 2 aromatic carbocycles. The summed E-state index contributed by atoms with van der Waals surface area (Å²) in [6.45, 7) is 0.519. The maximum Gasteiger partial charge on any atom is 0.350 e. The molecule has 4 aromatic rings. The number of ether oxygens (including phenoxy) is 2. The van der Waals surface area contributed by atoms with E-state index in [0.29, 0.717) is 22.9 Å². The minimum absolute atomic E-state index is 0.387. The highest BCUT2D eigenvalue weighted by Gasteiger charge is 2.16. The molecule has 0 atom stereocenters. The van der Waals surface area contributed by atoms with Crippen LogP contribution in [0, 0.1) is 0 Å². The number of nitrogens with zero attached hydrogens (tertiary/aromatic N) is 3. The molecular weight excluding hydrogens is 374 g/mol. The number of carbonyl (C=O) groups is 1. The van der Waals surface area contributed by atoms with E-state index in [-0.39, 0.29) is 5.97 Å². The third-order valence-corrected chi connectivity index (χ3v) is 5.04. The topological polar surface area (TPSA) is 66.2 Å². The van der Waals surface area contributed by atoms with Crippen molar-refractivity contribution in [3.63, 3.8) is 0 Å². The van der Waals surface area contributed by atoms with Gasteiger partial charge in [-0.25, -0.2) is 9.48 Å². The van der Waals surface area contributed by atoms with Gasteiger partial charge in [-0.15, -0.1) is 16.4 Å². The summed E-state index contributed by atoms with van der Waals surface area (Å²) < 4.78 is 12.2. The second-order valence-corrected chi connectivity index (χ2v) is 6.89. The van der Waals surface area contributed by atoms with Gasteiger partial charge >= 0.3 is 5.97 Å². The van der Waals surface area contributed by atoms with Crippen molar-refractivity contribution in [1.82, 2.24) is 15.0 Å². The highest BCUT2D eigenvalue weighted by atomic mass is 32.1. The van der Waals surface area contributed by atoms with Gasteiger partial charge in [-0.3, -0.25) is 0 Å². The fraction of sp³-hybridized carbons (Fsp3) is 0.0952. The lowest BCUT2D eigenvalue weighted by atomic mass is 10.1. The van der Waals surface area contributed by atoms with Gasteiger partial charge in [-0.1, -0.05) is 35.5 Å². The molecule has 140 valence electrons. The first kappa shape index (κ1) is 17.9. The molecule has 0 N–H and O–H groups in total. The number of methoxy groups -OCH3 is 1. The van der Waals surface area contributed by atoms with E-state index < -0.39 is 0 Å². The van der Waals surface area contributed by atoms with E-state index in [9.17, 15) is 4.79 Å². The lowest BCUT2D eigenvalue weighted by Crippen LogP contribution is -2.04. The number of esters is 1. The van der Waals surface area contributed by atoms with Crippen LogP contribution in [0.4, 0.5) is 0 Å². The van der Waals surface area contributed by atoms with E-state index in [1.807, 2.05) is 66.0 Å². The van der Waals surface area contributed by atoms with E-state index in [1.165, 1.54) is 18.4 Å². The van der Waals surface area contributed by atoms with Gasteiger partial charge in [0.2, 0.25) is 0 Å². The predicted octanol–water partition coefficient (Wildman–Crippen LogP) is 4.36. The van der Waals surface area contributed by atoms with Gasteiger partial charge < -0.3 is 9.47 Å². The summed E-state index contributed by atoms with van der Waals surface area (Å²) in [5.74, 6) is 0.396. The minimum Gasteiger partial charge on any atom is -0.489 e. The molecule has 2 aromatic heterocycles. The molecule has 2 heterocycles. The van der Waals surface area contributed by atoms with Gasteiger partial charge in [-0.2, -0.15) is 0 Å². The summed E-state index contributed by atoms with van der Waals surface area (Å²) in [5.41, 5.74) is 3.38. The van der Waals surface area contributed by atoms with Crippen LogP contribution in [0.15, 0.2) is 72.2 Å². The molecule has 0 bridgehead atoms. The van der Waals surface area contributed by atoms with Crippen LogP contribution in [0.1, 0.15) is 15.2 Å². The van der Waals surface area contributed by atoms with Crippen LogP contribution in [0.25, 0.3) is 16.9 Å². The predicted molar refractivity (Wildman–Crippen MR) is 107 cm³/mol. The van der Waals surface area contributed by atoms with Gasteiger partial charge in [0.15, 0.2) is 0 Å². The zero-order chi connectivity index (χ0) is 19.3. The van der Waals surface area contributed by atoms with E-state index in [1.54, 1.807) is 10.9 Å². The Morgan fingerprint density at radius 1 is 1.07 bits per heavy atom. The first-order valence-corrected chi connectivity index (χ1v) is 9.48. The number of rotatable bonds is 6. The van der Waals surface area contributed by atoms with Crippen LogP contribution in [0.5, 0.6) is 5.75 Å². The number of thiophene rings is 1. The normalized spacial score (nSPS) is 10.6. The standard InChI is InChI=1S/C21H17N3O3S/c1-26-21(25)20-19(11-12-28-20)24-13-18(22-23-24)16-7-9-17(10-8-16)27-14-15-5-3-2-4-6-15/h2-13H,14H2,1H3. The monoisotopic (exact) mass is 391 g/mol. The number of hydrogen-bond donors (Lipinski definition) is 0. The van der Waals surface area contributed by atoms with Gasteiger partial charge in [0.05, 0.1) is 19.0 Å². The lowest BCUT2D eigenvalue weighted by molar-refractivity contribution is 0.0606. The second kappa shape index (κ2) is 8.06. The van der Waals surface area contributed by atoms with Gasteiger partial charge in [0, 0.05) is 5.56 Å². The lowest BCUT2D eigenvalue weighted by Gasteiger charge is -2.06. The average molecular weight is 391 g/mol. The molecule has 0 unspecified atom stereocenters. The van der Waals surface area contributed by atoms with Crippen molar-refractivity contribution < 1.29 is 14.3 Å². The Kier molecular flexibility index (Phi) is 5.16. The third kappa shape index (κ3) is 3.79. The third-order valence-electron chi connectivity index (χ3n) is 4.15. The van der Waals surface area contributed by atoms with Crippen molar-refractivity contribution in [1.29, 1.82) is 0 Å². The second-order valence-electron chi connectivity index (χ2n) is 5.97. The number of aromatic nitrogens is 3. The van der Waals surface area contributed by atoms with Crippen molar-refractivity contribution in [3.8, 4) is 22.7 Å². The summed E-state index contributed by atoms with van der Waals surface area (Å²) in [4.78, 5) is 12.3. The van der Waals surface area contributed by atoms with Crippen LogP contribution < -0.4 is 4.74 Å². The van der Waals surface area contributed by atoms with Crippen molar-refractivity contribution in [3.05, 3.63) is 82.7 Å². The average Bonchev–Trinajstić information content (AvgIpc) is 3.42. The molecule has 28 heavy (non-hydrogen) atoms. The van der Waals surface area contributed by atoms with Crippen LogP contribution in [-0.4, -0.2) is 28.1 Å². The molecule has 0 saturated carbocycles. The molecule has 4 rings (SSSR count). The molecule has 0 aliphatic rings. The van der Waals surface area contributed by atoms with E-state index in [2.05, 4.69) is 10.3 Å². The molecule has 0 fully saturated rings. The Morgan fingerprint density at radius 2 is 1.86 bits per heavy atom. The smallest absolute Gasteiger partial charge is 0.350 e. The van der Waals surface area contributed by atoms with Gasteiger partial charge in [0.1, 0.15) is 22.9 Å². The zero-order valence-corrected chi connectivity index (χ0v) is 15.9. The van der Waals surface area contributed by atoms with Crippen molar-refractivity contribution in [2.24, 2.45) is 0 Å². The maximum atomic E-state index is 11.9. The van der Waals surface area contributed by atoms with Crippen molar-refractivity contribution in [2.45, 2.75) is 6.61 Å². The summed E-state index contributed by atoms with van der Waals surface area (Å²) in [7, 11) is 1.36. The SMILES string of the molecule is COC(=O)c1sccc1-n1cc(-c2ccc(OCc3ccccc3)cc2)nn1. The largest absolute Gasteiger partial charge is 0.489 e. The van der Waals surface area contributed by atoms with E-state index >= 15 is 0 Å². The Labute approximate surface area is 166 Å². The Balaban J connectivity index is 1.48. The summed E-state index contributed by atoms with van der Waals surface area (Å²) >= 11 is 1.31. The molecule has 6 nitrogen and oxygen atoms in total. The number of hydrogen-bond acceptors (Lipinski definition) is 6. The molecule has 0 amide bonds. The van der Waals surface area contributed by atoms with Crippen molar-refractivity contribution >= 4 is 17.3 Å². The molecule has 0 aliphatic heterocycles. The Morgan fingerprint density at radius 3 is 2.61 bits per heavy atom. The molecule has 0 spiro atoms. The summed E-state index contributed by atoms with van der Waals surface area (Å²) in [6, 6.07) is 19.5. The van der Waals surface area contributed by atoms with Crippen molar-refractivity contribution in [2.75, 3.05) is 7.11 Å². The molecular formula is C21H17N3O3S. The van der Waals surface area contributed by atoms with Gasteiger partial charge in [0.25, 0.3) is 0 Å². The minimum atomic E-state index is -0.387. The highest BCUT2D eigenvalue weighted by Crippen LogP contribution is 2.25. The molecule has 0 aliphatic carbocycles. The van der Waals surface area contributed by atoms with Crippen LogP contribution in [-0.2, 0) is 11.3 Å². The van der Waals surface area contributed by atoms with Crippen LogP contribution in [0.3, 0.4) is 0 Å². The zero-order valence-electron chi connectivity index (χ0n) is 15.1. The first-order valence-electron chi connectivity index (χ1n) is 8.60. The highest BCUT2D eigenvalue weighted by molar-refractivity contribution is 7.12. The van der Waals surface area contributed by atoms with Crippen LogP contribution >= 0.6 is 11.3 Å². The fourth-order valence-electron chi connectivity index (χ4n) is 2.71. The summed E-state index contributed by atoms with van der Waals surface area (Å²) in [5, 5.41) is 10.2. The Bertz CT molecular complexity index is 1070. The molecule has 0 radical (unpaired) electrons. The maximum absolute atomic E-state index is 11.9. The number of carbonyl (C=O) groups excluding carboxylic acids is 1. The van der Waals surface area contributed by atoms with E-state index in [4.69, 9.17) is 9.47 Å². The van der Waals surface area contributed by atoms with Gasteiger partial charge in [-0.05, 0) is 41.3 Å². The molecule has 0 saturated heterocycles.